The molecule has 1 aromatic heterocycles. The largest absolute Gasteiger partial charge is 0.294 e. The van der Waals surface area contributed by atoms with E-state index in [9.17, 15) is 0 Å². The van der Waals surface area contributed by atoms with Gasteiger partial charge in [0.1, 0.15) is 5.01 Å². The number of fused-ring (bicyclic) bond motifs is 1. The highest BCUT2D eigenvalue weighted by Crippen LogP contribution is 2.35. The predicted molar refractivity (Wildman–Crippen MR) is 85.3 cm³/mol. The van der Waals surface area contributed by atoms with Crippen molar-refractivity contribution < 1.29 is 0 Å². The molecule has 4 heteroatoms. The number of hydrogen-bond donors (Lipinski definition) is 0. The fourth-order valence-corrected chi connectivity index (χ4v) is 4.00. The number of nitrogens with zero attached hydrogens (tertiary/aromatic N) is 2. The molecule has 1 saturated heterocycles. The summed E-state index contributed by atoms with van der Waals surface area (Å²) in [6.07, 6.45) is 5.21. The van der Waals surface area contributed by atoms with E-state index >= 15 is 0 Å². The van der Waals surface area contributed by atoms with Gasteiger partial charge in [-0.25, -0.2) is 4.98 Å². The first kappa shape index (κ1) is 14.8. The summed E-state index contributed by atoms with van der Waals surface area (Å²) in [6.45, 7) is 4.72. The molecular formula is C15H21ClN2S. The molecule has 0 unspecified atom stereocenters. The molecule has 19 heavy (non-hydrogen) atoms. The van der Waals surface area contributed by atoms with Crippen LogP contribution in [0.15, 0.2) is 24.3 Å². The first-order valence-electron chi connectivity index (χ1n) is 6.98. The number of aromatic nitrogens is 1. The molecule has 0 radical (unpaired) electrons. The summed E-state index contributed by atoms with van der Waals surface area (Å²) < 4.78 is 1.33. The van der Waals surface area contributed by atoms with Gasteiger partial charge < -0.3 is 0 Å². The smallest absolute Gasteiger partial charge is 0.111 e. The Bertz CT molecular complexity index is 491. The Balaban J connectivity index is 0.00000133. The molecule has 3 rings (SSSR count). The molecule has 2 nitrogen and oxygen atoms in total. The highest BCUT2D eigenvalue weighted by molar-refractivity contribution is 7.18. The summed E-state index contributed by atoms with van der Waals surface area (Å²) in [5.41, 5.74) is 1.17. The van der Waals surface area contributed by atoms with E-state index in [-0.39, 0.29) is 12.4 Å². The fraction of sp³-hybridized carbons (Fsp3) is 0.533. The summed E-state index contributed by atoms with van der Waals surface area (Å²) in [4.78, 5) is 7.47. The minimum Gasteiger partial charge on any atom is -0.294 e. The topological polar surface area (TPSA) is 16.1 Å². The number of rotatable bonds is 3. The van der Waals surface area contributed by atoms with Gasteiger partial charge in [0.05, 0.1) is 16.3 Å². The first-order chi connectivity index (χ1) is 8.88. The molecule has 0 bridgehead atoms. The van der Waals surface area contributed by atoms with Crippen molar-refractivity contribution in [2.24, 2.45) is 0 Å². The molecule has 1 atom stereocenters. The second-order valence-electron chi connectivity index (χ2n) is 5.07. The lowest BCUT2D eigenvalue weighted by Crippen LogP contribution is -2.33. The molecule has 1 aliphatic heterocycles. The van der Waals surface area contributed by atoms with Crippen molar-refractivity contribution >= 4 is 34.0 Å². The number of likely N-dealkylation sites (tertiary alicyclic amines) is 1. The minimum absolute atomic E-state index is 0. The molecule has 0 N–H and O–H groups in total. The number of benzene rings is 1. The highest BCUT2D eigenvalue weighted by atomic mass is 35.5. The van der Waals surface area contributed by atoms with Gasteiger partial charge in [-0.05, 0) is 44.5 Å². The van der Waals surface area contributed by atoms with Crippen molar-refractivity contribution in [3.8, 4) is 0 Å². The Morgan fingerprint density at radius 2 is 2.16 bits per heavy atom. The van der Waals surface area contributed by atoms with Crippen LogP contribution in [0, 0.1) is 0 Å². The minimum atomic E-state index is 0. The molecule has 2 heterocycles. The van der Waals surface area contributed by atoms with Gasteiger partial charge >= 0.3 is 0 Å². The van der Waals surface area contributed by atoms with Crippen LogP contribution in [0.5, 0.6) is 0 Å². The molecule has 0 saturated carbocycles. The molecule has 1 aliphatic rings. The third kappa shape index (κ3) is 3.10. The van der Waals surface area contributed by atoms with E-state index in [1.54, 1.807) is 0 Å². The Morgan fingerprint density at radius 1 is 1.32 bits per heavy atom. The molecule has 1 aromatic carbocycles. The van der Waals surface area contributed by atoms with Gasteiger partial charge in [-0.3, -0.25) is 4.90 Å². The van der Waals surface area contributed by atoms with Crippen LogP contribution in [0.2, 0.25) is 0 Å². The first-order valence-corrected chi connectivity index (χ1v) is 7.79. The van der Waals surface area contributed by atoms with Crippen molar-refractivity contribution in [1.29, 1.82) is 0 Å². The quantitative estimate of drug-likeness (QED) is 0.819. The molecule has 1 fully saturated rings. The van der Waals surface area contributed by atoms with E-state index < -0.39 is 0 Å². The van der Waals surface area contributed by atoms with Crippen LogP contribution in [0.1, 0.15) is 43.7 Å². The van der Waals surface area contributed by atoms with Crippen LogP contribution in [0.25, 0.3) is 10.2 Å². The van der Waals surface area contributed by atoms with Crippen molar-refractivity contribution in [2.45, 2.75) is 38.6 Å². The lowest BCUT2D eigenvalue weighted by Gasteiger charge is -2.34. The van der Waals surface area contributed by atoms with Gasteiger partial charge in [0.2, 0.25) is 0 Å². The number of thiazole rings is 1. The van der Waals surface area contributed by atoms with Crippen LogP contribution in [-0.2, 0) is 0 Å². The average molecular weight is 297 g/mol. The van der Waals surface area contributed by atoms with E-state index in [2.05, 4.69) is 36.1 Å². The van der Waals surface area contributed by atoms with Gasteiger partial charge in [-0.2, -0.15) is 0 Å². The average Bonchev–Trinajstić information content (AvgIpc) is 2.83. The van der Waals surface area contributed by atoms with Crippen LogP contribution < -0.4 is 0 Å². The van der Waals surface area contributed by atoms with Crippen LogP contribution in [0.4, 0.5) is 0 Å². The van der Waals surface area contributed by atoms with Gasteiger partial charge in [0.15, 0.2) is 0 Å². The summed E-state index contributed by atoms with van der Waals surface area (Å²) in [6, 6.07) is 9.06. The third-order valence-corrected chi connectivity index (χ3v) is 4.86. The lowest BCUT2D eigenvalue weighted by atomic mass is 10.0. The standard InChI is InChI=1S/C15H20N2S.ClH/c1-2-10-17-11-6-5-8-13(17)15-16-12-7-3-4-9-14(12)18-15;/h3-4,7,9,13H,2,5-6,8,10-11H2,1H3;1H/t13-;/m0./s1. The Labute approximate surface area is 125 Å². The van der Waals surface area contributed by atoms with E-state index in [1.807, 2.05) is 11.3 Å². The number of piperidine rings is 1. The molecule has 104 valence electrons. The maximum atomic E-state index is 4.85. The Morgan fingerprint density at radius 3 is 2.95 bits per heavy atom. The van der Waals surface area contributed by atoms with E-state index in [0.717, 1.165) is 0 Å². The summed E-state index contributed by atoms with van der Waals surface area (Å²) >= 11 is 1.88. The maximum absolute atomic E-state index is 4.85. The van der Waals surface area contributed by atoms with E-state index in [0.29, 0.717) is 6.04 Å². The third-order valence-electron chi connectivity index (χ3n) is 3.72. The predicted octanol–water partition coefficient (Wildman–Crippen LogP) is 4.66. The lowest BCUT2D eigenvalue weighted by molar-refractivity contribution is 0.149. The van der Waals surface area contributed by atoms with Gasteiger partial charge in [0.25, 0.3) is 0 Å². The molecule has 0 amide bonds. The highest BCUT2D eigenvalue weighted by Gasteiger charge is 2.25. The molecular weight excluding hydrogens is 276 g/mol. The van der Waals surface area contributed by atoms with Gasteiger partial charge in [-0.15, -0.1) is 23.7 Å². The van der Waals surface area contributed by atoms with Crippen molar-refractivity contribution in [3.63, 3.8) is 0 Å². The zero-order valence-electron chi connectivity index (χ0n) is 11.3. The maximum Gasteiger partial charge on any atom is 0.111 e. The van der Waals surface area contributed by atoms with Crippen LogP contribution in [-0.4, -0.2) is 23.0 Å². The fourth-order valence-electron chi connectivity index (χ4n) is 2.86. The number of halogens is 1. The molecule has 2 aromatic rings. The van der Waals surface area contributed by atoms with Crippen LogP contribution in [0.3, 0.4) is 0 Å². The molecule has 0 spiro atoms. The zero-order valence-corrected chi connectivity index (χ0v) is 13.0. The zero-order chi connectivity index (χ0) is 12.4. The SMILES string of the molecule is CCCN1CCCC[C@H]1c1nc2ccccc2s1.Cl. The summed E-state index contributed by atoms with van der Waals surface area (Å²) in [5, 5.41) is 1.32. The number of para-hydroxylation sites is 1. The van der Waals surface area contributed by atoms with E-state index in [1.165, 1.54) is 54.0 Å². The van der Waals surface area contributed by atoms with Crippen LogP contribution >= 0.6 is 23.7 Å². The van der Waals surface area contributed by atoms with E-state index in [4.69, 9.17) is 4.98 Å². The van der Waals surface area contributed by atoms with Gasteiger partial charge in [0, 0.05) is 0 Å². The monoisotopic (exact) mass is 296 g/mol. The second-order valence-corrected chi connectivity index (χ2v) is 6.13. The normalized spacial score (nSPS) is 20.4. The van der Waals surface area contributed by atoms with Gasteiger partial charge in [-0.1, -0.05) is 25.5 Å². The Hall–Kier alpha value is -0.640. The molecule has 0 aliphatic carbocycles. The van der Waals surface area contributed by atoms with Crippen molar-refractivity contribution in [1.82, 2.24) is 9.88 Å². The summed E-state index contributed by atoms with van der Waals surface area (Å²) in [5.74, 6) is 0. The summed E-state index contributed by atoms with van der Waals surface area (Å²) in [7, 11) is 0. The Kier molecular flexibility index (Phi) is 5.20. The van der Waals surface area contributed by atoms with Crippen molar-refractivity contribution in [2.75, 3.05) is 13.1 Å². The number of hydrogen-bond acceptors (Lipinski definition) is 3. The second kappa shape index (κ2) is 6.69. The van der Waals surface area contributed by atoms with Crippen molar-refractivity contribution in [3.05, 3.63) is 29.3 Å².